The molecule has 0 atom stereocenters. The number of hydrogen-bond acceptors (Lipinski definition) is 5. The first-order valence-electron chi connectivity index (χ1n) is 11.2. The van der Waals surface area contributed by atoms with Gasteiger partial charge in [-0.1, -0.05) is 61.9 Å². The first kappa shape index (κ1) is 23.3. The molecule has 7 heteroatoms. The van der Waals surface area contributed by atoms with Gasteiger partial charge in [0.25, 0.3) is 5.91 Å². The van der Waals surface area contributed by atoms with Gasteiger partial charge in [0.2, 0.25) is 0 Å². The Balaban J connectivity index is 1.70. The molecule has 2 heterocycles. The summed E-state index contributed by atoms with van der Waals surface area (Å²) in [4.78, 5) is 15.4. The van der Waals surface area contributed by atoms with E-state index in [2.05, 4.69) is 6.92 Å². The lowest BCUT2D eigenvalue weighted by Crippen LogP contribution is -2.28. The van der Waals surface area contributed by atoms with Crippen molar-refractivity contribution in [3.05, 3.63) is 71.3 Å². The number of thiocarbonyl (C=S) groups is 1. The summed E-state index contributed by atoms with van der Waals surface area (Å²) >= 11 is 6.86. The predicted octanol–water partition coefficient (Wildman–Crippen LogP) is 6.33. The minimum absolute atomic E-state index is 0.0220. The highest BCUT2D eigenvalue weighted by atomic mass is 32.2. The van der Waals surface area contributed by atoms with Crippen LogP contribution in [0.3, 0.4) is 0 Å². The Morgan fingerprint density at radius 1 is 1.06 bits per heavy atom. The second-order valence-electron chi connectivity index (χ2n) is 7.71. The van der Waals surface area contributed by atoms with Crippen molar-refractivity contribution < 1.29 is 9.53 Å². The molecular weight excluding hydrogens is 450 g/mol. The SMILES string of the molecule is CCCCCN1C(=O)/C(=C\c2cn(-c3ccccc3)nc2-c2ccc(OCC)cc2)SC1=S. The zero-order valence-electron chi connectivity index (χ0n) is 18.9. The Hall–Kier alpha value is -2.90. The maximum Gasteiger partial charge on any atom is 0.266 e. The topological polar surface area (TPSA) is 47.4 Å². The molecule has 4 rings (SSSR count). The number of ether oxygens (including phenoxy) is 1. The van der Waals surface area contributed by atoms with Crippen molar-refractivity contribution in [3.63, 3.8) is 0 Å². The highest BCUT2D eigenvalue weighted by Crippen LogP contribution is 2.35. The first-order valence-corrected chi connectivity index (χ1v) is 12.5. The summed E-state index contributed by atoms with van der Waals surface area (Å²) in [6, 6.07) is 17.8. The number of aromatic nitrogens is 2. The molecule has 33 heavy (non-hydrogen) atoms. The van der Waals surface area contributed by atoms with Crippen molar-refractivity contribution in [3.8, 4) is 22.7 Å². The van der Waals surface area contributed by atoms with E-state index in [0.29, 0.717) is 22.4 Å². The zero-order valence-corrected chi connectivity index (χ0v) is 20.5. The molecule has 0 bridgehead atoms. The Kier molecular flexibility index (Phi) is 7.62. The molecule has 1 aromatic heterocycles. The zero-order chi connectivity index (χ0) is 23.2. The Bertz CT molecular complexity index is 1150. The van der Waals surface area contributed by atoms with Gasteiger partial charge in [-0.25, -0.2) is 4.68 Å². The normalized spacial score (nSPS) is 15.0. The van der Waals surface area contributed by atoms with Gasteiger partial charge in [-0.15, -0.1) is 0 Å². The van der Waals surface area contributed by atoms with Gasteiger partial charge in [0, 0.05) is 23.9 Å². The van der Waals surface area contributed by atoms with E-state index in [4.69, 9.17) is 22.1 Å². The molecule has 170 valence electrons. The van der Waals surface area contributed by atoms with Crippen LogP contribution in [0.2, 0.25) is 0 Å². The molecule has 1 aliphatic heterocycles. The summed E-state index contributed by atoms with van der Waals surface area (Å²) < 4.78 is 8.05. The second-order valence-corrected chi connectivity index (χ2v) is 9.39. The van der Waals surface area contributed by atoms with E-state index in [1.54, 1.807) is 4.90 Å². The highest BCUT2D eigenvalue weighted by Gasteiger charge is 2.32. The van der Waals surface area contributed by atoms with Crippen LogP contribution < -0.4 is 4.74 Å². The fraction of sp³-hybridized carbons (Fsp3) is 0.269. The molecule has 0 radical (unpaired) electrons. The quantitative estimate of drug-likeness (QED) is 0.205. The lowest BCUT2D eigenvalue weighted by molar-refractivity contribution is -0.122. The number of hydrogen-bond donors (Lipinski definition) is 0. The molecule has 1 fully saturated rings. The molecule has 5 nitrogen and oxygen atoms in total. The van der Waals surface area contributed by atoms with Crippen molar-refractivity contribution >= 4 is 40.3 Å². The van der Waals surface area contributed by atoms with Gasteiger partial charge in [-0.05, 0) is 55.8 Å². The van der Waals surface area contributed by atoms with Crippen LogP contribution in [-0.4, -0.2) is 38.1 Å². The summed E-state index contributed by atoms with van der Waals surface area (Å²) in [6.45, 7) is 5.40. The van der Waals surface area contributed by atoms with Crippen molar-refractivity contribution in [2.75, 3.05) is 13.2 Å². The van der Waals surface area contributed by atoms with E-state index in [9.17, 15) is 4.79 Å². The monoisotopic (exact) mass is 477 g/mol. The molecule has 1 saturated heterocycles. The molecule has 1 amide bonds. The molecule has 0 saturated carbocycles. The van der Waals surface area contributed by atoms with Crippen LogP contribution in [0.25, 0.3) is 23.0 Å². The first-order chi connectivity index (χ1) is 16.1. The lowest BCUT2D eigenvalue weighted by atomic mass is 10.1. The number of rotatable bonds is 9. The number of unbranched alkanes of at least 4 members (excludes halogenated alkanes) is 2. The standard InChI is InChI=1S/C26H27N3O2S2/c1-3-5-9-16-28-25(30)23(33-26(28)32)17-20-18-29(21-10-7-6-8-11-21)27-24(20)19-12-14-22(15-13-19)31-4-2/h6-8,10-15,17-18H,3-5,9,16H2,1-2H3/b23-17+. The number of carbonyl (C=O) groups is 1. The number of amides is 1. The fourth-order valence-electron chi connectivity index (χ4n) is 3.66. The van der Waals surface area contributed by atoms with E-state index in [1.807, 2.05) is 78.5 Å². The number of benzene rings is 2. The third-order valence-corrected chi connectivity index (χ3v) is 6.73. The minimum atomic E-state index is -0.0220. The number of carbonyl (C=O) groups excluding carboxylic acids is 1. The van der Waals surface area contributed by atoms with E-state index >= 15 is 0 Å². The number of para-hydroxylation sites is 1. The van der Waals surface area contributed by atoms with Gasteiger partial charge in [0.05, 0.1) is 22.9 Å². The van der Waals surface area contributed by atoms with Crippen molar-refractivity contribution in [1.29, 1.82) is 0 Å². The Morgan fingerprint density at radius 3 is 2.52 bits per heavy atom. The average molecular weight is 478 g/mol. The summed E-state index contributed by atoms with van der Waals surface area (Å²) in [7, 11) is 0. The number of thioether (sulfide) groups is 1. The second kappa shape index (κ2) is 10.8. The van der Waals surface area contributed by atoms with Crippen LogP contribution in [0.4, 0.5) is 0 Å². The third kappa shape index (κ3) is 5.37. The summed E-state index contributed by atoms with van der Waals surface area (Å²) in [5.74, 6) is 0.796. The smallest absolute Gasteiger partial charge is 0.266 e. The highest BCUT2D eigenvalue weighted by molar-refractivity contribution is 8.26. The molecule has 0 N–H and O–H groups in total. The molecule has 3 aromatic rings. The third-order valence-electron chi connectivity index (χ3n) is 5.35. The van der Waals surface area contributed by atoms with E-state index in [1.165, 1.54) is 11.8 Å². The van der Waals surface area contributed by atoms with Crippen LogP contribution in [-0.2, 0) is 4.79 Å². The maximum absolute atomic E-state index is 13.1. The van der Waals surface area contributed by atoms with E-state index < -0.39 is 0 Å². The summed E-state index contributed by atoms with van der Waals surface area (Å²) in [5.41, 5.74) is 3.59. The van der Waals surface area contributed by atoms with Gasteiger partial charge in [0.1, 0.15) is 10.1 Å². The summed E-state index contributed by atoms with van der Waals surface area (Å²) in [6.07, 6.45) is 7.03. The van der Waals surface area contributed by atoms with Crippen molar-refractivity contribution in [2.45, 2.75) is 33.1 Å². The molecular formula is C26H27N3O2S2. The maximum atomic E-state index is 13.1. The van der Waals surface area contributed by atoms with Crippen molar-refractivity contribution in [1.82, 2.24) is 14.7 Å². The van der Waals surface area contributed by atoms with E-state index in [0.717, 1.165) is 47.5 Å². The molecule has 1 aliphatic rings. The van der Waals surface area contributed by atoms with Gasteiger partial charge in [-0.2, -0.15) is 5.10 Å². The number of nitrogens with zero attached hydrogens (tertiary/aromatic N) is 3. The van der Waals surface area contributed by atoms with Crippen LogP contribution in [0, 0.1) is 0 Å². The van der Waals surface area contributed by atoms with Gasteiger partial charge >= 0.3 is 0 Å². The van der Waals surface area contributed by atoms with E-state index in [-0.39, 0.29) is 5.91 Å². The average Bonchev–Trinajstić information content (AvgIpc) is 3.37. The van der Waals surface area contributed by atoms with Crippen LogP contribution in [0.15, 0.2) is 65.7 Å². The van der Waals surface area contributed by atoms with Gasteiger partial charge in [-0.3, -0.25) is 9.69 Å². The minimum Gasteiger partial charge on any atom is -0.494 e. The fourth-order valence-corrected chi connectivity index (χ4v) is 4.96. The largest absolute Gasteiger partial charge is 0.494 e. The molecule has 0 spiro atoms. The molecule has 0 unspecified atom stereocenters. The molecule has 0 aliphatic carbocycles. The van der Waals surface area contributed by atoms with Gasteiger partial charge in [0.15, 0.2) is 0 Å². The molecule has 2 aromatic carbocycles. The lowest BCUT2D eigenvalue weighted by Gasteiger charge is -2.13. The predicted molar refractivity (Wildman–Crippen MR) is 140 cm³/mol. The van der Waals surface area contributed by atoms with Crippen LogP contribution >= 0.6 is 24.0 Å². The van der Waals surface area contributed by atoms with Crippen molar-refractivity contribution in [2.24, 2.45) is 0 Å². The Labute approximate surface area is 204 Å². The summed E-state index contributed by atoms with van der Waals surface area (Å²) in [5, 5.41) is 4.86. The van der Waals surface area contributed by atoms with Crippen LogP contribution in [0.5, 0.6) is 5.75 Å². The van der Waals surface area contributed by atoms with Gasteiger partial charge < -0.3 is 4.74 Å². The Morgan fingerprint density at radius 2 is 1.82 bits per heavy atom. The van der Waals surface area contributed by atoms with Crippen LogP contribution in [0.1, 0.15) is 38.7 Å².